The summed E-state index contributed by atoms with van der Waals surface area (Å²) in [5, 5.41) is 3.63. The molecule has 4 heterocycles. The Labute approximate surface area is 309 Å². The van der Waals surface area contributed by atoms with Gasteiger partial charge in [-0.1, -0.05) is 83.1 Å². The minimum Gasteiger partial charge on any atom is -0.312 e. The summed E-state index contributed by atoms with van der Waals surface area (Å²) in [6.07, 6.45) is 0. The van der Waals surface area contributed by atoms with Gasteiger partial charge in [0.05, 0.1) is 16.7 Å². The maximum Gasteiger partial charge on any atom is 2.00 e. The third kappa shape index (κ3) is 4.52. The quantitative estimate of drug-likeness (QED) is 0.165. The minimum atomic E-state index is -0.553. The molecule has 248 valence electrons. The van der Waals surface area contributed by atoms with Gasteiger partial charge in [0.25, 0.3) is 0 Å². The van der Waals surface area contributed by atoms with Crippen molar-refractivity contribution < 1.29 is 21.1 Å². The van der Waals surface area contributed by atoms with Crippen LogP contribution < -0.4 is 0 Å². The first-order chi connectivity index (χ1) is 23.5. The van der Waals surface area contributed by atoms with Crippen LogP contribution in [0.1, 0.15) is 76.7 Å². The zero-order valence-electron chi connectivity index (χ0n) is 29.6. The molecule has 4 aromatic carbocycles. The number of benzene rings is 4. The van der Waals surface area contributed by atoms with Crippen LogP contribution in [-0.4, -0.2) is 14.4 Å². The van der Waals surface area contributed by atoms with Gasteiger partial charge < -0.3 is 9.38 Å². The van der Waals surface area contributed by atoms with Crippen molar-refractivity contribution in [2.75, 3.05) is 0 Å². The molecule has 0 unspecified atom stereocenters. The Hall–Kier alpha value is -4.59. The van der Waals surface area contributed by atoms with Crippen LogP contribution in [0, 0.1) is 12.1 Å². The first kappa shape index (κ1) is 32.6. The summed E-state index contributed by atoms with van der Waals surface area (Å²) in [5.41, 5.74) is 14.1. The van der Waals surface area contributed by atoms with E-state index in [1.165, 1.54) is 55.1 Å². The number of fused-ring (bicyclic) bond motifs is 8. The van der Waals surface area contributed by atoms with Crippen molar-refractivity contribution in [3.63, 3.8) is 0 Å². The second-order valence-electron chi connectivity index (χ2n) is 15.7. The third-order valence-corrected chi connectivity index (χ3v) is 10.9. The number of rotatable bonds is 4. The average Bonchev–Trinajstić information content (AvgIpc) is 3.72. The van der Waals surface area contributed by atoms with E-state index >= 15 is 0 Å². The summed E-state index contributed by atoms with van der Waals surface area (Å²) in [5.74, 6) is 0. The maximum absolute atomic E-state index is 5.79. The van der Waals surface area contributed by atoms with E-state index in [1.807, 2.05) is 24.3 Å². The van der Waals surface area contributed by atoms with Crippen molar-refractivity contribution in [3.05, 3.63) is 150 Å². The molecule has 0 amide bonds. The molecule has 1 aliphatic carbocycles. The Morgan fingerprint density at radius 2 is 1.36 bits per heavy atom. The molecule has 0 atom stereocenters. The topological polar surface area (TPSA) is 30.2 Å². The fourth-order valence-electron chi connectivity index (χ4n) is 8.26. The van der Waals surface area contributed by atoms with Crippen LogP contribution in [0.25, 0.3) is 60.8 Å². The third-order valence-electron chi connectivity index (χ3n) is 10.9. The molecule has 4 aromatic heterocycles. The summed E-state index contributed by atoms with van der Waals surface area (Å²) in [4.78, 5) is 11.2. The van der Waals surface area contributed by atoms with Gasteiger partial charge in [0.15, 0.2) is 0 Å². The number of pyridine rings is 2. The number of nitrogens with zero attached hydrogens (tertiary/aromatic N) is 3. The smallest absolute Gasteiger partial charge is 0.312 e. The Balaban J connectivity index is 0.00000361. The Bertz CT molecular complexity index is 2570. The second kappa shape index (κ2) is 11.2. The maximum atomic E-state index is 5.79. The van der Waals surface area contributed by atoms with Gasteiger partial charge in [-0.15, -0.1) is 71.8 Å². The molecule has 0 spiro atoms. The molecule has 1 aliphatic rings. The molecule has 8 aromatic rings. The van der Waals surface area contributed by atoms with Crippen molar-refractivity contribution >= 4 is 27.2 Å². The SMILES string of the molecule is CC(C)(C)c1cc(-c2[c-]cccc2)nc(C(C)(C)c2nc(-c3[c-]cccc3)c3c4c(n5c6ccccc6c2c35)C(C)(C)c2ccccc2-4)c1.[Pt+2]. The van der Waals surface area contributed by atoms with E-state index in [2.05, 4.69) is 150 Å². The number of aromatic nitrogens is 3. The van der Waals surface area contributed by atoms with Crippen molar-refractivity contribution in [2.45, 2.75) is 64.7 Å². The van der Waals surface area contributed by atoms with Gasteiger partial charge in [-0.2, -0.15) is 0 Å². The van der Waals surface area contributed by atoms with Crippen LogP contribution in [0.4, 0.5) is 0 Å². The molecule has 0 fully saturated rings. The second-order valence-corrected chi connectivity index (χ2v) is 15.7. The Morgan fingerprint density at radius 1 is 0.700 bits per heavy atom. The first-order valence-electron chi connectivity index (χ1n) is 17.3. The van der Waals surface area contributed by atoms with Gasteiger partial charge in [0, 0.05) is 38.6 Å². The molecule has 0 saturated carbocycles. The number of para-hydroxylation sites is 1. The van der Waals surface area contributed by atoms with Crippen LogP contribution in [0.5, 0.6) is 0 Å². The van der Waals surface area contributed by atoms with Crippen LogP contribution in [0.15, 0.2) is 109 Å². The fraction of sp³-hybridized carbons (Fsp3) is 0.217. The first-order valence-corrected chi connectivity index (χ1v) is 17.3. The van der Waals surface area contributed by atoms with Crippen molar-refractivity contribution in [2.24, 2.45) is 0 Å². The van der Waals surface area contributed by atoms with E-state index in [4.69, 9.17) is 9.97 Å². The van der Waals surface area contributed by atoms with Crippen LogP contribution in [0.3, 0.4) is 0 Å². The van der Waals surface area contributed by atoms with Crippen LogP contribution in [0.2, 0.25) is 0 Å². The molecule has 0 radical (unpaired) electrons. The van der Waals surface area contributed by atoms with Crippen LogP contribution >= 0.6 is 0 Å². The van der Waals surface area contributed by atoms with Crippen molar-refractivity contribution in [1.29, 1.82) is 0 Å². The monoisotopic (exact) mass is 828 g/mol. The summed E-state index contributed by atoms with van der Waals surface area (Å²) in [7, 11) is 0. The largest absolute Gasteiger partial charge is 2.00 e. The molecule has 0 N–H and O–H groups in total. The molecule has 0 bridgehead atoms. The van der Waals surface area contributed by atoms with E-state index < -0.39 is 5.41 Å². The van der Waals surface area contributed by atoms with E-state index in [-0.39, 0.29) is 31.9 Å². The van der Waals surface area contributed by atoms with Crippen molar-refractivity contribution in [3.8, 4) is 33.6 Å². The molecule has 0 aliphatic heterocycles. The average molecular weight is 829 g/mol. The normalized spacial score (nSPS) is 13.9. The zero-order valence-corrected chi connectivity index (χ0v) is 31.8. The molecule has 0 saturated heterocycles. The van der Waals surface area contributed by atoms with E-state index in [1.54, 1.807) is 0 Å². The molecule has 50 heavy (non-hydrogen) atoms. The van der Waals surface area contributed by atoms with Gasteiger partial charge in [0.2, 0.25) is 0 Å². The van der Waals surface area contributed by atoms with Gasteiger partial charge in [-0.3, -0.25) is 4.98 Å². The van der Waals surface area contributed by atoms with Gasteiger partial charge >= 0.3 is 21.1 Å². The minimum absolute atomic E-state index is 0. The predicted molar refractivity (Wildman–Crippen MR) is 203 cm³/mol. The van der Waals surface area contributed by atoms with Crippen LogP contribution in [-0.2, 0) is 37.3 Å². The number of hydrogen-bond acceptors (Lipinski definition) is 2. The summed E-state index contributed by atoms with van der Waals surface area (Å²) in [6, 6.07) is 45.8. The van der Waals surface area contributed by atoms with Gasteiger partial charge in [-0.05, 0) is 64.9 Å². The standard InChI is InChI=1S/C46H39N3.Pt/c1-44(2,3)30-26-34(28-18-10-8-11-19-28)47-36(27-30)46(6,7)42-38-32-23-15-17-25-35(32)49-41(38)39(40(48-42)29-20-12-9-13-21-29)37-31-22-14-16-24-33(31)45(4,5)43(37)49;/h8-18,20,22-27H,1-7H3;/q-2;+2. The zero-order chi connectivity index (χ0) is 33.9. The number of hydrogen-bond donors (Lipinski definition) is 0. The molecular weight excluding hydrogens is 790 g/mol. The van der Waals surface area contributed by atoms with Gasteiger partial charge in [-0.25, -0.2) is 0 Å². The summed E-state index contributed by atoms with van der Waals surface area (Å²) >= 11 is 0. The van der Waals surface area contributed by atoms with Gasteiger partial charge in [0.1, 0.15) is 0 Å². The van der Waals surface area contributed by atoms with Crippen molar-refractivity contribution in [1.82, 2.24) is 14.4 Å². The fourth-order valence-corrected chi connectivity index (χ4v) is 8.26. The molecule has 3 nitrogen and oxygen atoms in total. The summed E-state index contributed by atoms with van der Waals surface area (Å²) in [6.45, 7) is 16.2. The Morgan fingerprint density at radius 3 is 2.06 bits per heavy atom. The van der Waals surface area contributed by atoms with E-state index in [0.29, 0.717) is 0 Å². The van der Waals surface area contributed by atoms with E-state index in [9.17, 15) is 0 Å². The molecule has 9 rings (SSSR count). The molecular formula is C46H39N3Pt. The summed E-state index contributed by atoms with van der Waals surface area (Å²) < 4.78 is 2.56. The Kier molecular flexibility index (Phi) is 7.31. The predicted octanol–water partition coefficient (Wildman–Crippen LogP) is 11.3. The molecule has 4 heteroatoms. The van der Waals surface area contributed by atoms with E-state index in [0.717, 1.165) is 33.9 Å².